The van der Waals surface area contributed by atoms with E-state index in [2.05, 4.69) is 15.4 Å². The molecule has 0 spiro atoms. The van der Waals surface area contributed by atoms with Crippen LogP contribution in [-0.2, 0) is 7.05 Å². The van der Waals surface area contributed by atoms with Crippen LogP contribution in [0, 0.1) is 6.92 Å². The molecule has 2 aromatic rings. The van der Waals surface area contributed by atoms with Crippen molar-refractivity contribution in [2.24, 2.45) is 7.05 Å². The Labute approximate surface area is 122 Å². The molecule has 1 atom stereocenters. The minimum atomic E-state index is -0.0691. The second kappa shape index (κ2) is 5.33. The smallest absolute Gasteiger partial charge is 0.276 e. The Bertz CT molecular complexity index is 660. The van der Waals surface area contributed by atoms with Crippen LogP contribution in [0.25, 0.3) is 11.5 Å². The van der Waals surface area contributed by atoms with Crippen LogP contribution in [0.1, 0.15) is 23.2 Å². The number of amides is 1. The van der Waals surface area contributed by atoms with Gasteiger partial charge in [-0.2, -0.15) is 5.10 Å². The molecule has 0 aromatic carbocycles. The first-order chi connectivity index (χ1) is 10.1. The Kier molecular flexibility index (Phi) is 3.50. The van der Waals surface area contributed by atoms with Crippen molar-refractivity contribution in [3.05, 3.63) is 23.8 Å². The predicted octanol–water partition coefficient (Wildman–Crippen LogP) is 0.817. The standard InChI is InChI=1S/C14H19N5O2/c1-9-6-15-4-5-19(9)14(20)12-10(2)21-13(17-12)11-7-16-18(3)8-11/h7-9,15H,4-6H2,1-3H3. The number of nitrogens with one attached hydrogen (secondary N) is 1. The van der Waals surface area contributed by atoms with E-state index in [1.54, 1.807) is 17.8 Å². The first-order valence-corrected chi connectivity index (χ1v) is 7.04. The van der Waals surface area contributed by atoms with Gasteiger partial charge in [-0.3, -0.25) is 9.48 Å². The highest BCUT2D eigenvalue weighted by molar-refractivity contribution is 5.94. The van der Waals surface area contributed by atoms with Crippen molar-refractivity contribution in [2.75, 3.05) is 19.6 Å². The number of aromatic nitrogens is 3. The van der Waals surface area contributed by atoms with Gasteiger partial charge in [-0.25, -0.2) is 4.98 Å². The molecule has 1 aliphatic heterocycles. The molecule has 1 fully saturated rings. The Morgan fingerprint density at radius 3 is 3.00 bits per heavy atom. The quantitative estimate of drug-likeness (QED) is 0.885. The number of oxazole rings is 1. The first-order valence-electron chi connectivity index (χ1n) is 7.04. The summed E-state index contributed by atoms with van der Waals surface area (Å²) in [6, 6.07) is 0.157. The summed E-state index contributed by atoms with van der Waals surface area (Å²) in [5.41, 5.74) is 1.16. The van der Waals surface area contributed by atoms with E-state index in [9.17, 15) is 4.79 Å². The molecular formula is C14H19N5O2. The Hall–Kier alpha value is -2.15. The van der Waals surface area contributed by atoms with Crippen molar-refractivity contribution < 1.29 is 9.21 Å². The molecule has 1 N–H and O–H groups in total. The van der Waals surface area contributed by atoms with Crippen molar-refractivity contribution >= 4 is 5.91 Å². The van der Waals surface area contributed by atoms with Gasteiger partial charge in [-0.05, 0) is 13.8 Å². The molecule has 3 heterocycles. The van der Waals surface area contributed by atoms with E-state index in [4.69, 9.17) is 4.42 Å². The largest absolute Gasteiger partial charge is 0.440 e. The van der Waals surface area contributed by atoms with Gasteiger partial charge in [0.1, 0.15) is 5.76 Å². The molecule has 0 radical (unpaired) electrons. The summed E-state index contributed by atoms with van der Waals surface area (Å²) >= 11 is 0. The van der Waals surface area contributed by atoms with Gasteiger partial charge in [0.2, 0.25) is 5.89 Å². The van der Waals surface area contributed by atoms with Crippen LogP contribution in [0.3, 0.4) is 0 Å². The first kappa shape index (κ1) is 13.8. The summed E-state index contributed by atoms with van der Waals surface area (Å²) < 4.78 is 7.31. The summed E-state index contributed by atoms with van der Waals surface area (Å²) in [4.78, 5) is 18.8. The molecule has 0 saturated carbocycles. The molecule has 1 aliphatic rings. The summed E-state index contributed by atoms with van der Waals surface area (Å²) in [7, 11) is 1.83. The maximum Gasteiger partial charge on any atom is 0.276 e. The Balaban J connectivity index is 1.88. The van der Waals surface area contributed by atoms with E-state index in [1.165, 1.54) is 0 Å². The van der Waals surface area contributed by atoms with Crippen molar-refractivity contribution in [3.8, 4) is 11.5 Å². The monoisotopic (exact) mass is 289 g/mol. The lowest BCUT2D eigenvalue weighted by Gasteiger charge is -2.33. The molecule has 7 heteroatoms. The summed E-state index contributed by atoms with van der Waals surface area (Å²) in [6.07, 6.45) is 3.49. The second-order valence-electron chi connectivity index (χ2n) is 5.38. The third-order valence-corrected chi connectivity index (χ3v) is 3.71. The minimum absolute atomic E-state index is 0.0691. The van der Waals surface area contributed by atoms with Gasteiger partial charge in [0.25, 0.3) is 5.91 Å². The zero-order chi connectivity index (χ0) is 15.0. The average Bonchev–Trinajstić information content (AvgIpc) is 3.05. The van der Waals surface area contributed by atoms with Crippen LogP contribution in [0.15, 0.2) is 16.8 Å². The molecule has 0 aliphatic carbocycles. The van der Waals surface area contributed by atoms with Gasteiger partial charge < -0.3 is 14.6 Å². The molecule has 2 aromatic heterocycles. The number of piperazine rings is 1. The molecule has 0 bridgehead atoms. The van der Waals surface area contributed by atoms with Crippen molar-refractivity contribution in [1.82, 2.24) is 25.0 Å². The highest BCUT2D eigenvalue weighted by atomic mass is 16.4. The van der Waals surface area contributed by atoms with Gasteiger partial charge in [0.05, 0.1) is 11.8 Å². The van der Waals surface area contributed by atoms with Gasteiger partial charge in [0.15, 0.2) is 5.69 Å². The lowest BCUT2D eigenvalue weighted by atomic mass is 10.2. The highest BCUT2D eigenvalue weighted by Crippen LogP contribution is 2.22. The molecule has 1 unspecified atom stereocenters. The summed E-state index contributed by atoms with van der Waals surface area (Å²) in [6.45, 7) is 6.10. The number of carbonyl (C=O) groups excluding carboxylic acids is 1. The lowest BCUT2D eigenvalue weighted by molar-refractivity contribution is 0.0648. The van der Waals surface area contributed by atoms with Crippen molar-refractivity contribution in [1.29, 1.82) is 0 Å². The fourth-order valence-electron chi connectivity index (χ4n) is 2.53. The van der Waals surface area contributed by atoms with E-state index in [0.717, 1.165) is 18.7 Å². The van der Waals surface area contributed by atoms with Crippen molar-refractivity contribution in [2.45, 2.75) is 19.9 Å². The topological polar surface area (TPSA) is 76.2 Å². The van der Waals surface area contributed by atoms with E-state index < -0.39 is 0 Å². The molecule has 1 amide bonds. The molecule has 1 saturated heterocycles. The van der Waals surface area contributed by atoms with Gasteiger partial charge in [-0.15, -0.1) is 0 Å². The lowest BCUT2D eigenvalue weighted by Crippen LogP contribution is -2.52. The molecular weight excluding hydrogens is 270 g/mol. The number of hydrogen-bond acceptors (Lipinski definition) is 5. The third kappa shape index (κ3) is 2.56. The van der Waals surface area contributed by atoms with Crippen LogP contribution in [0.4, 0.5) is 0 Å². The van der Waals surface area contributed by atoms with Crippen LogP contribution < -0.4 is 5.32 Å². The van der Waals surface area contributed by atoms with E-state index in [1.807, 2.05) is 25.1 Å². The van der Waals surface area contributed by atoms with Crippen LogP contribution in [0.5, 0.6) is 0 Å². The van der Waals surface area contributed by atoms with Crippen LogP contribution in [-0.4, -0.2) is 51.2 Å². The molecule has 3 rings (SSSR count). The number of hydrogen-bond donors (Lipinski definition) is 1. The Morgan fingerprint density at radius 2 is 2.33 bits per heavy atom. The fraction of sp³-hybridized carbons (Fsp3) is 0.500. The third-order valence-electron chi connectivity index (χ3n) is 3.71. The fourth-order valence-corrected chi connectivity index (χ4v) is 2.53. The normalized spacial score (nSPS) is 19.0. The number of nitrogens with zero attached hydrogens (tertiary/aromatic N) is 4. The van der Waals surface area contributed by atoms with Crippen LogP contribution >= 0.6 is 0 Å². The summed E-state index contributed by atoms with van der Waals surface area (Å²) in [5.74, 6) is 0.914. The highest BCUT2D eigenvalue weighted by Gasteiger charge is 2.28. The number of carbonyl (C=O) groups is 1. The minimum Gasteiger partial charge on any atom is -0.440 e. The average molecular weight is 289 g/mol. The molecule has 21 heavy (non-hydrogen) atoms. The van der Waals surface area contributed by atoms with Crippen LogP contribution in [0.2, 0.25) is 0 Å². The van der Waals surface area contributed by atoms with E-state index in [-0.39, 0.29) is 11.9 Å². The number of rotatable bonds is 2. The van der Waals surface area contributed by atoms with Gasteiger partial charge in [0, 0.05) is 38.9 Å². The van der Waals surface area contributed by atoms with E-state index in [0.29, 0.717) is 23.9 Å². The number of aryl methyl sites for hydroxylation is 2. The molecule has 112 valence electrons. The van der Waals surface area contributed by atoms with Gasteiger partial charge in [-0.1, -0.05) is 0 Å². The zero-order valence-electron chi connectivity index (χ0n) is 12.5. The zero-order valence-corrected chi connectivity index (χ0v) is 12.5. The maximum absolute atomic E-state index is 12.6. The Morgan fingerprint density at radius 1 is 1.52 bits per heavy atom. The van der Waals surface area contributed by atoms with Gasteiger partial charge >= 0.3 is 0 Å². The SMILES string of the molecule is Cc1oc(-c2cnn(C)c2)nc1C(=O)N1CCNCC1C. The van der Waals surface area contributed by atoms with Crippen molar-refractivity contribution in [3.63, 3.8) is 0 Å². The van der Waals surface area contributed by atoms with E-state index >= 15 is 0 Å². The summed E-state index contributed by atoms with van der Waals surface area (Å²) in [5, 5.41) is 7.36. The molecule has 7 nitrogen and oxygen atoms in total. The predicted molar refractivity (Wildman–Crippen MR) is 76.8 cm³/mol. The maximum atomic E-state index is 12.6. The second-order valence-corrected chi connectivity index (χ2v) is 5.38.